The summed E-state index contributed by atoms with van der Waals surface area (Å²) in [4.78, 5) is 13.4. The maximum absolute atomic E-state index is 15.9. The average molecular weight is 1090 g/mol. The number of pyridine rings is 3. The van der Waals surface area contributed by atoms with Crippen LogP contribution in [0.3, 0.4) is 0 Å². The Morgan fingerprint density at radius 2 is 1.13 bits per heavy atom. The third-order valence-corrected chi connectivity index (χ3v) is 10.8. The van der Waals surface area contributed by atoms with E-state index in [1.165, 1.54) is 64.1 Å². The topological polar surface area (TPSA) is 51.8 Å². The Hall–Kier alpha value is -6.07. The van der Waals surface area contributed by atoms with Crippen molar-refractivity contribution in [3.8, 4) is 33.8 Å². The summed E-state index contributed by atoms with van der Waals surface area (Å²) in [5.41, 5.74) is -2.94. The van der Waals surface area contributed by atoms with Crippen molar-refractivity contribution in [2.24, 2.45) is 5.41 Å². The number of furan rings is 1. The zero-order chi connectivity index (χ0) is 61.9. The van der Waals surface area contributed by atoms with Crippen LogP contribution in [-0.2, 0) is 64.7 Å². The molecule has 0 N–H and O–H groups in total. The zero-order valence-electron chi connectivity index (χ0n) is 55.6. The van der Waals surface area contributed by atoms with Crippen LogP contribution >= 0.6 is 0 Å². The van der Waals surface area contributed by atoms with E-state index in [0.717, 1.165) is 36.8 Å². The monoisotopic (exact) mass is 1090 g/mol. The molecule has 0 unspecified atom stereocenters. The minimum Gasteiger partial charge on any atom is -0.500 e. The van der Waals surface area contributed by atoms with Crippen LogP contribution in [0.2, 0.25) is 0 Å². The number of aromatic nitrogens is 3. The van der Waals surface area contributed by atoms with Gasteiger partial charge in [-0.1, -0.05) is 102 Å². The van der Waals surface area contributed by atoms with Crippen LogP contribution in [0.4, 0.5) is 4.39 Å². The largest absolute Gasteiger partial charge is 3.00 e. The first-order chi connectivity index (χ1) is 38.7. The van der Waals surface area contributed by atoms with Crippen LogP contribution in [0.1, 0.15) is 134 Å². The zero-order valence-corrected chi connectivity index (χ0v) is 41.0. The number of halogens is 1. The number of nitrogens with zero attached hydrogens (tertiary/aromatic N) is 3. The van der Waals surface area contributed by atoms with Crippen molar-refractivity contribution in [3.05, 3.63) is 208 Å². The maximum atomic E-state index is 15.9. The molecule has 0 aliphatic rings. The van der Waals surface area contributed by atoms with Crippen molar-refractivity contribution in [2.45, 2.75) is 105 Å². The van der Waals surface area contributed by atoms with Gasteiger partial charge in [-0.2, -0.15) is 0 Å². The second kappa shape index (κ2) is 21.1. The minimum atomic E-state index is -3.31. The predicted molar refractivity (Wildman–Crippen MR) is 273 cm³/mol. The number of hydrogen-bond acceptors (Lipinski definition) is 4. The summed E-state index contributed by atoms with van der Waals surface area (Å²) in [7, 11) is 0. The quantitative estimate of drug-likeness (QED) is 0.0960. The molecule has 344 valence electrons. The Kier molecular flexibility index (Phi) is 9.64. The van der Waals surface area contributed by atoms with Crippen molar-refractivity contribution < 1.29 is 52.2 Å². The molecule has 9 aromatic rings. The fourth-order valence-electron chi connectivity index (χ4n) is 7.62. The van der Waals surface area contributed by atoms with Crippen molar-refractivity contribution in [3.63, 3.8) is 0 Å². The molecule has 0 spiro atoms. The molecule has 9 rings (SSSR count). The summed E-state index contributed by atoms with van der Waals surface area (Å²) >= 11 is 0. The van der Waals surface area contributed by atoms with Gasteiger partial charge in [-0.05, 0) is 136 Å². The molecular formula is C62H59FIrN3O. The van der Waals surface area contributed by atoms with Crippen LogP contribution in [0, 0.1) is 29.4 Å². The van der Waals surface area contributed by atoms with Crippen molar-refractivity contribution in [1.29, 1.82) is 0 Å². The standard InChI is InChI=1S/C62H59FN3O.Ir/c1-40(2)53-34-58(46-15-10-8-11-16-46)65-38-48(53)26-23-44-31-43(32-45(33-44)24-27-49-39-66-59(35-54(49)41(3)4)47-17-12-9-13-18-47)22-21-42-25-30-57(64-37-42)52-20-14-19-50-51-28-29-56(63)55(36-62(5,6)7)61(51)67-60(50)52;/h8-15,17,19,25,28-35,37-41H,21-24,26-27,36H2,1-7H3;/q-3;+3/i21D2,22D2,23D2,24D2,26D2,27D2,29D,36D2,40D,41D;. The molecular weight excluding hydrogens is 1010 g/mol. The molecule has 4 aromatic heterocycles. The molecule has 68 heavy (non-hydrogen) atoms. The summed E-state index contributed by atoms with van der Waals surface area (Å²) < 4.78 is 183. The molecule has 5 aromatic carbocycles. The number of rotatable bonds is 15. The van der Waals surface area contributed by atoms with E-state index >= 15 is 4.39 Å². The summed E-state index contributed by atoms with van der Waals surface area (Å²) in [6, 6.07) is 34.7. The molecule has 0 saturated carbocycles. The first-order valence-electron chi connectivity index (χ1n) is 30.3. The normalized spacial score (nSPS) is 17.3. The summed E-state index contributed by atoms with van der Waals surface area (Å²) in [5, 5.41) is 0.624. The Bertz CT molecular complexity index is 3840. The Morgan fingerprint density at radius 3 is 1.63 bits per heavy atom. The van der Waals surface area contributed by atoms with Gasteiger partial charge >= 0.3 is 20.1 Å². The number of hydrogen-bond donors (Lipinski definition) is 0. The van der Waals surface area contributed by atoms with Crippen LogP contribution in [0.25, 0.3) is 55.7 Å². The van der Waals surface area contributed by atoms with E-state index in [1.54, 1.807) is 75.4 Å². The van der Waals surface area contributed by atoms with Gasteiger partial charge in [0.2, 0.25) is 0 Å². The molecule has 0 aliphatic heterocycles. The first-order valence-corrected chi connectivity index (χ1v) is 21.8. The molecule has 0 aliphatic carbocycles. The van der Waals surface area contributed by atoms with E-state index in [2.05, 4.69) is 33.2 Å². The fraction of sp³-hybridized carbons (Fsp3) is 0.274. The third-order valence-electron chi connectivity index (χ3n) is 10.8. The molecule has 0 bridgehead atoms. The van der Waals surface area contributed by atoms with E-state index in [-0.39, 0.29) is 75.7 Å². The van der Waals surface area contributed by atoms with Gasteiger partial charge in [-0.25, -0.2) is 4.39 Å². The molecule has 0 fully saturated rings. The first kappa shape index (κ1) is 31.1. The van der Waals surface area contributed by atoms with E-state index in [0.29, 0.717) is 27.9 Å². The Morgan fingerprint density at radius 1 is 0.603 bits per heavy atom. The van der Waals surface area contributed by atoms with Gasteiger partial charge in [0.1, 0.15) is 11.4 Å². The van der Waals surface area contributed by atoms with Gasteiger partial charge in [-0.15, -0.1) is 90.0 Å². The summed E-state index contributed by atoms with van der Waals surface area (Å²) in [6.07, 6.45) is -18.5. The minimum absolute atomic E-state index is 0. The van der Waals surface area contributed by atoms with Gasteiger partial charge in [0.15, 0.2) is 0 Å². The number of fused-ring (bicyclic) bond motifs is 3. The molecule has 6 heteroatoms. The van der Waals surface area contributed by atoms with E-state index in [1.807, 2.05) is 0 Å². The van der Waals surface area contributed by atoms with E-state index < -0.39 is 95.9 Å². The SMILES string of the molecule is [2H]c1cc2c(oc3c(-c4ccc(C([2H])([2H])C([2H])([2H])c5cc(C([2H])([2H])C([2H])([2H])c6cnc(-c7[c-]cccc7)cc6C([2H])(C)C)cc(C([2H])([2H])C([2H])([2H])c6cnc(-c7[c-]cccc7)cc6C([2H])(C)C)c5)cn4)[c-]ccc32)c(C([2H])([2H])C(C)(C)C)c1F.[Ir+3]. The van der Waals surface area contributed by atoms with E-state index in [9.17, 15) is 16.4 Å². The number of aryl methyl sites for hydroxylation is 6. The van der Waals surface area contributed by atoms with Crippen LogP contribution in [0.15, 0.2) is 138 Å². The van der Waals surface area contributed by atoms with E-state index in [4.69, 9.17) is 11.3 Å². The van der Waals surface area contributed by atoms with Crippen LogP contribution in [0.5, 0.6) is 0 Å². The predicted octanol–water partition coefficient (Wildman–Crippen LogP) is 15.5. The molecule has 4 nitrogen and oxygen atoms in total. The average Bonchev–Trinajstić information content (AvgIpc) is 2.97. The van der Waals surface area contributed by atoms with Crippen molar-refractivity contribution in [1.82, 2.24) is 15.0 Å². The van der Waals surface area contributed by atoms with Crippen molar-refractivity contribution in [2.75, 3.05) is 0 Å². The van der Waals surface area contributed by atoms with Crippen LogP contribution in [-0.4, -0.2) is 15.0 Å². The second-order valence-corrected chi connectivity index (χ2v) is 17.6. The fourth-order valence-corrected chi connectivity index (χ4v) is 7.62. The smallest absolute Gasteiger partial charge is 0.500 e. The second-order valence-electron chi connectivity index (χ2n) is 17.6. The maximum Gasteiger partial charge on any atom is 3.00 e. The molecule has 0 amide bonds. The van der Waals surface area contributed by atoms with Gasteiger partial charge in [0, 0.05) is 51.5 Å². The Labute approximate surface area is 439 Å². The third kappa shape index (κ3) is 11.1. The molecule has 0 atom stereocenters. The van der Waals surface area contributed by atoms with Crippen LogP contribution < -0.4 is 0 Å². The Balaban J connectivity index is 0.00000940. The molecule has 4 heterocycles. The number of benzene rings is 5. The van der Waals surface area contributed by atoms with Crippen molar-refractivity contribution >= 4 is 21.9 Å². The summed E-state index contributed by atoms with van der Waals surface area (Å²) in [6.45, 7) is 10.7. The molecule has 0 saturated heterocycles. The molecule has 0 radical (unpaired) electrons. The van der Waals surface area contributed by atoms with Gasteiger partial charge < -0.3 is 19.4 Å². The van der Waals surface area contributed by atoms with Gasteiger partial charge in [0.05, 0.1) is 6.95 Å². The summed E-state index contributed by atoms with van der Waals surface area (Å²) in [5.74, 6) is -4.25. The van der Waals surface area contributed by atoms with Gasteiger partial charge in [-0.3, -0.25) is 0 Å². The van der Waals surface area contributed by atoms with Gasteiger partial charge in [0.25, 0.3) is 0 Å².